The van der Waals surface area contributed by atoms with Crippen molar-refractivity contribution in [1.29, 1.82) is 0 Å². The predicted molar refractivity (Wildman–Crippen MR) is 87.9 cm³/mol. The Balaban J connectivity index is 1.44. The number of rotatable bonds is 1. The van der Waals surface area contributed by atoms with Gasteiger partial charge in [0.15, 0.2) is 11.6 Å². The van der Waals surface area contributed by atoms with E-state index in [1.807, 2.05) is 0 Å². The van der Waals surface area contributed by atoms with Crippen LogP contribution in [0.3, 0.4) is 0 Å². The molecule has 0 radical (unpaired) electrons. The molecule has 0 bridgehead atoms. The summed E-state index contributed by atoms with van der Waals surface area (Å²) < 4.78 is 31.4. The lowest BCUT2D eigenvalue weighted by Crippen LogP contribution is -2.62. The summed E-state index contributed by atoms with van der Waals surface area (Å²) in [5.41, 5.74) is 0. The lowest BCUT2D eigenvalue weighted by atomic mass is 9.85. The van der Waals surface area contributed by atoms with Crippen molar-refractivity contribution in [1.82, 2.24) is 0 Å². The highest BCUT2D eigenvalue weighted by atomic mass is 16.8. The number of aliphatic hydroxyl groups excluding tert-OH is 1. The monoisotopic (exact) mass is 354 g/mol. The van der Waals surface area contributed by atoms with Crippen molar-refractivity contribution in [2.75, 3.05) is 7.11 Å². The zero-order valence-electron chi connectivity index (χ0n) is 15.0. The van der Waals surface area contributed by atoms with Crippen molar-refractivity contribution in [2.45, 2.75) is 112 Å². The number of hydrogen-bond acceptors (Lipinski definition) is 6. The van der Waals surface area contributed by atoms with Crippen molar-refractivity contribution < 1.29 is 28.8 Å². The molecular weight excluding hydrogens is 324 g/mol. The van der Waals surface area contributed by atoms with Gasteiger partial charge in [-0.05, 0) is 25.7 Å². The second kappa shape index (κ2) is 6.14. The zero-order valence-corrected chi connectivity index (χ0v) is 15.0. The molecule has 5 rings (SSSR count). The molecule has 3 aliphatic carbocycles. The van der Waals surface area contributed by atoms with E-state index in [0.29, 0.717) is 0 Å². The molecule has 0 aromatic rings. The summed E-state index contributed by atoms with van der Waals surface area (Å²) in [6, 6.07) is 0. The minimum absolute atomic E-state index is 0.224. The molecule has 25 heavy (non-hydrogen) atoms. The van der Waals surface area contributed by atoms with E-state index >= 15 is 0 Å². The maximum absolute atomic E-state index is 10.9. The Hall–Kier alpha value is -0.240. The van der Waals surface area contributed by atoms with Crippen molar-refractivity contribution in [3.63, 3.8) is 0 Å². The van der Waals surface area contributed by atoms with Gasteiger partial charge in [-0.15, -0.1) is 0 Å². The van der Waals surface area contributed by atoms with E-state index in [2.05, 4.69) is 0 Å². The zero-order chi connectivity index (χ0) is 17.1. The van der Waals surface area contributed by atoms with Gasteiger partial charge < -0.3 is 28.8 Å². The molecule has 6 unspecified atom stereocenters. The summed E-state index contributed by atoms with van der Waals surface area (Å²) >= 11 is 0. The highest BCUT2D eigenvalue weighted by Crippen LogP contribution is 2.51. The molecular formula is C19H30O6. The van der Waals surface area contributed by atoms with Crippen LogP contribution in [-0.2, 0) is 23.7 Å². The Bertz CT molecular complexity index is 498. The van der Waals surface area contributed by atoms with Crippen LogP contribution >= 0.6 is 0 Å². The molecule has 2 spiro atoms. The molecule has 2 saturated heterocycles. The molecule has 6 heteroatoms. The van der Waals surface area contributed by atoms with Crippen LogP contribution in [0.25, 0.3) is 0 Å². The number of fused-ring (bicyclic) bond motifs is 3. The molecule has 3 saturated carbocycles. The maximum atomic E-state index is 10.9. The molecule has 5 aliphatic rings. The van der Waals surface area contributed by atoms with Crippen molar-refractivity contribution >= 4 is 0 Å². The highest BCUT2D eigenvalue weighted by molar-refractivity contribution is 5.10. The average Bonchev–Trinajstić information content (AvgIpc) is 3.16. The molecule has 0 aromatic carbocycles. The molecule has 5 fully saturated rings. The Labute approximate surface area is 149 Å². The number of ether oxygens (including phenoxy) is 5. The van der Waals surface area contributed by atoms with Gasteiger partial charge in [0.05, 0.1) is 0 Å². The Morgan fingerprint density at radius 3 is 1.64 bits per heavy atom. The maximum Gasteiger partial charge on any atom is 0.169 e. The fraction of sp³-hybridized carbons (Fsp3) is 1.00. The van der Waals surface area contributed by atoms with E-state index in [9.17, 15) is 5.11 Å². The molecule has 142 valence electrons. The van der Waals surface area contributed by atoms with E-state index < -0.39 is 29.9 Å². The largest absolute Gasteiger partial charge is 0.387 e. The topological polar surface area (TPSA) is 66.4 Å². The molecule has 0 aromatic heterocycles. The van der Waals surface area contributed by atoms with E-state index in [4.69, 9.17) is 23.7 Å². The fourth-order valence-corrected chi connectivity index (χ4v) is 5.65. The van der Waals surface area contributed by atoms with Gasteiger partial charge in [-0.2, -0.15) is 0 Å². The van der Waals surface area contributed by atoms with Crippen LogP contribution in [0, 0.1) is 0 Å². The number of hydrogen-bond donors (Lipinski definition) is 1. The van der Waals surface area contributed by atoms with Gasteiger partial charge in [0.25, 0.3) is 0 Å². The van der Waals surface area contributed by atoms with E-state index in [0.717, 1.165) is 51.4 Å². The third-order valence-corrected chi connectivity index (χ3v) is 6.87. The molecule has 1 N–H and O–H groups in total. The minimum atomic E-state index is -0.750. The summed E-state index contributed by atoms with van der Waals surface area (Å²) in [7, 11) is 1.63. The first-order valence-electron chi connectivity index (χ1n) is 10.1. The summed E-state index contributed by atoms with van der Waals surface area (Å²) in [6.07, 6.45) is 8.16. The van der Waals surface area contributed by atoms with Crippen LogP contribution in [0.1, 0.15) is 64.2 Å². The molecule has 6 atom stereocenters. The summed E-state index contributed by atoms with van der Waals surface area (Å²) in [5, 5.41) is 10.9. The van der Waals surface area contributed by atoms with Gasteiger partial charge in [-0.3, -0.25) is 0 Å². The van der Waals surface area contributed by atoms with Gasteiger partial charge in [0.2, 0.25) is 0 Å². The quantitative estimate of drug-likeness (QED) is 0.779. The second-order valence-electron chi connectivity index (χ2n) is 8.46. The third-order valence-electron chi connectivity index (χ3n) is 6.87. The van der Waals surface area contributed by atoms with Crippen LogP contribution in [-0.4, -0.2) is 60.4 Å². The van der Waals surface area contributed by atoms with Gasteiger partial charge in [0.1, 0.15) is 36.6 Å². The first-order chi connectivity index (χ1) is 12.2. The van der Waals surface area contributed by atoms with Crippen molar-refractivity contribution in [3.05, 3.63) is 0 Å². The molecule has 2 aliphatic heterocycles. The molecule has 0 amide bonds. The standard InChI is InChI=1S/C19H30O6/c1-21-13-12(20)14-16(24-18(22-14)8-4-2-5-9-18)17-15(13)23-19(25-17)10-6-3-7-11-19/h12-17,20H,2-11H2,1H3. The van der Waals surface area contributed by atoms with Crippen molar-refractivity contribution in [3.8, 4) is 0 Å². The van der Waals surface area contributed by atoms with Crippen LogP contribution in [0.15, 0.2) is 0 Å². The van der Waals surface area contributed by atoms with Crippen LogP contribution in [0.5, 0.6) is 0 Å². The normalized spacial score (nSPS) is 47.8. The average molecular weight is 354 g/mol. The molecule has 2 heterocycles. The predicted octanol–water partition coefficient (Wildman–Crippen LogP) is 2.26. The Morgan fingerprint density at radius 2 is 1.12 bits per heavy atom. The van der Waals surface area contributed by atoms with Crippen LogP contribution in [0.4, 0.5) is 0 Å². The Morgan fingerprint density at radius 1 is 0.680 bits per heavy atom. The SMILES string of the molecule is COC1C(O)C2OC3(CCCCC3)OC2C2OC3(CCCCC3)OC12. The fourth-order valence-electron chi connectivity index (χ4n) is 5.65. The summed E-state index contributed by atoms with van der Waals surface area (Å²) in [6.45, 7) is 0. The van der Waals surface area contributed by atoms with Crippen molar-refractivity contribution in [2.24, 2.45) is 0 Å². The van der Waals surface area contributed by atoms with Crippen LogP contribution in [0.2, 0.25) is 0 Å². The van der Waals surface area contributed by atoms with Crippen LogP contribution < -0.4 is 0 Å². The lowest BCUT2D eigenvalue weighted by Gasteiger charge is -2.39. The third kappa shape index (κ3) is 2.60. The van der Waals surface area contributed by atoms with Gasteiger partial charge in [-0.25, -0.2) is 0 Å². The van der Waals surface area contributed by atoms with E-state index in [-0.39, 0.29) is 18.3 Å². The summed E-state index contributed by atoms with van der Waals surface area (Å²) in [4.78, 5) is 0. The van der Waals surface area contributed by atoms with E-state index in [1.165, 1.54) is 12.8 Å². The number of aliphatic hydroxyl groups is 1. The molecule has 6 nitrogen and oxygen atoms in total. The smallest absolute Gasteiger partial charge is 0.169 e. The Kier molecular flexibility index (Phi) is 4.15. The first kappa shape index (κ1) is 16.9. The van der Waals surface area contributed by atoms with Gasteiger partial charge in [-0.1, -0.05) is 12.8 Å². The van der Waals surface area contributed by atoms with Gasteiger partial charge >= 0.3 is 0 Å². The summed E-state index contributed by atoms with van der Waals surface area (Å²) in [5.74, 6) is -1.07. The highest BCUT2D eigenvalue weighted by Gasteiger charge is 2.66. The number of methoxy groups -OCH3 is 1. The van der Waals surface area contributed by atoms with Gasteiger partial charge in [0, 0.05) is 32.8 Å². The van der Waals surface area contributed by atoms with E-state index in [1.54, 1.807) is 7.11 Å². The lowest BCUT2D eigenvalue weighted by molar-refractivity contribution is -0.225. The first-order valence-corrected chi connectivity index (χ1v) is 10.1. The second-order valence-corrected chi connectivity index (χ2v) is 8.46. The minimum Gasteiger partial charge on any atom is -0.387 e.